The van der Waals surface area contributed by atoms with Crippen LogP contribution in [0.1, 0.15) is 51.6 Å². The van der Waals surface area contributed by atoms with Crippen LogP contribution in [0.15, 0.2) is 6.08 Å². The number of amides is 1. The molecule has 0 aromatic carbocycles. The lowest BCUT2D eigenvalue weighted by Gasteiger charge is -2.21. The van der Waals surface area contributed by atoms with E-state index in [0.717, 1.165) is 50.9 Å². The third-order valence-corrected chi connectivity index (χ3v) is 4.35. The molecule has 0 fully saturated rings. The molecule has 2 rings (SSSR count). The van der Waals surface area contributed by atoms with Crippen molar-refractivity contribution >= 4 is 23.2 Å². The Morgan fingerprint density at radius 2 is 2.22 bits per heavy atom. The van der Waals surface area contributed by atoms with E-state index in [4.69, 9.17) is 4.74 Å². The summed E-state index contributed by atoms with van der Waals surface area (Å²) in [6.45, 7) is 6.12. The molecule has 2 N–H and O–H groups in total. The van der Waals surface area contributed by atoms with Gasteiger partial charge in [0.05, 0.1) is 18.3 Å². The summed E-state index contributed by atoms with van der Waals surface area (Å²) < 4.78 is 14.5. The van der Waals surface area contributed by atoms with Crippen molar-refractivity contribution in [3.63, 3.8) is 0 Å². The zero-order valence-electron chi connectivity index (χ0n) is 13.9. The van der Waals surface area contributed by atoms with Crippen LogP contribution < -0.4 is 15.4 Å². The van der Waals surface area contributed by atoms with Gasteiger partial charge in [-0.1, -0.05) is 18.9 Å². The molecule has 0 aliphatic carbocycles. The number of rotatable bonds is 9. The summed E-state index contributed by atoms with van der Waals surface area (Å²) in [5.74, 6) is 0.702. The van der Waals surface area contributed by atoms with Gasteiger partial charge in [-0.2, -0.15) is 4.37 Å². The summed E-state index contributed by atoms with van der Waals surface area (Å²) in [6.07, 6.45) is 7.44. The maximum absolute atomic E-state index is 10.7. The Bertz CT molecular complexity index is 530. The lowest BCUT2D eigenvalue weighted by Crippen LogP contribution is -2.31. The molecule has 1 atom stereocenters. The van der Waals surface area contributed by atoms with Gasteiger partial charge in [-0.3, -0.25) is 4.79 Å². The molecule has 0 saturated carbocycles. The molecule has 23 heavy (non-hydrogen) atoms. The fraction of sp³-hybridized carbons (Fsp3) is 0.688. The van der Waals surface area contributed by atoms with Crippen LogP contribution in [0, 0.1) is 0 Å². The summed E-state index contributed by atoms with van der Waals surface area (Å²) >= 11 is 1.21. The Morgan fingerprint density at radius 1 is 1.39 bits per heavy atom. The molecule has 2 heterocycles. The fourth-order valence-electron chi connectivity index (χ4n) is 2.58. The van der Waals surface area contributed by atoms with Gasteiger partial charge in [0.2, 0.25) is 5.91 Å². The molecule has 0 saturated heterocycles. The van der Waals surface area contributed by atoms with Crippen molar-refractivity contribution in [3.05, 3.63) is 11.8 Å². The van der Waals surface area contributed by atoms with Gasteiger partial charge >= 0.3 is 0 Å². The van der Waals surface area contributed by atoms with Crippen LogP contribution in [0.5, 0.6) is 5.88 Å². The van der Waals surface area contributed by atoms with Crippen LogP contribution in [0.25, 0.3) is 5.57 Å². The summed E-state index contributed by atoms with van der Waals surface area (Å²) in [4.78, 5) is 10.7. The Labute approximate surface area is 142 Å². The highest BCUT2D eigenvalue weighted by Crippen LogP contribution is 2.28. The minimum absolute atomic E-state index is 0.0395. The summed E-state index contributed by atoms with van der Waals surface area (Å²) in [5.41, 5.74) is 2.08. The topological polar surface area (TPSA) is 76.1 Å². The first-order valence-electron chi connectivity index (χ1n) is 8.32. The Hall–Kier alpha value is -1.47. The van der Waals surface area contributed by atoms with E-state index in [1.54, 1.807) is 6.92 Å². The van der Waals surface area contributed by atoms with Crippen molar-refractivity contribution in [2.24, 2.45) is 0 Å². The van der Waals surface area contributed by atoms with E-state index in [0.29, 0.717) is 18.5 Å². The molecule has 6 nitrogen and oxygen atoms in total. The molecule has 1 aromatic rings. The van der Waals surface area contributed by atoms with E-state index in [9.17, 15) is 4.79 Å². The van der Waals surface area contributed by atoms with Crippen molar-refractivity contribution in [1.82, 2.24) is 19.4 Å². The summed E-state index contributed by atoms with van der Waals surface area (Å²) in [6, 6.07) is 0.295. The molecular formula is C16H26N4O2S. The lowest BCUT2D eigenvalue weighted by molar-refractivity contribution is -0.118. The van der Waals surface area contributed by atoms with Crippen molar-refractivity contribution < 1.29 is 9.53 Å². The zero-order valence-corrected chi connectivity index (χ0v) is 14.7. The predicted molar refractivity (Wildman–Crippen MR) is 92.6 cm³/mol. The van der Waals surface area contributed by atoms with Gasteiger partial charge in [0, 0.05) is 19.5 Å². The molecule has 0 spiro atoms. The first-order chi connectivity index (χ1) is 11.2. The van der Waals surface area contributed by atoms with E-state index in [2.05, 4.69) is 32.4 Å². The van der Waals surface area contributed by atoms with Crippen LogP contribution in [0.4, 0.5) is 0 Å². The molecule has 0 bridgehead atoms. The average Bonchev–Trinajstić information content (AvgIpc) is 2.98. The number of nitrogens with one attached hydrogen (secondary N) is 2. The number of aromatic nitrogens is 2. The normalized spacial score (nSPS) is 17.7. The third-order valence-electron chi connectivity index (χ3n) is 3.84. The standard InChI is InChI=1S/C16H26N4O2S/c1-12-14(8-7-10-17-12)15-16(20-23-19-15)22-11-6-4-3-5-9-18-13(2)21/h8,12,17H,3-7,9-11H2,1-2H3,(H,18,21). The lowest BCUT2D eigenvalue weighted by atomic mass is 10.0. The minimum atomic E-state index is 0.0395. The highest BCUT2D eigenvalue weighted by molar-refractivity contribution is 6.99. The van der Waals surface area contributed by atoms with Gasteiger partial charge in [0.15, 0.2) is 0 Å². The zero-order chi connectivity index (χ0) is 16.5. The number of carbonyl (C=O) groups is 1. The van der Waals surface area contributed by atoms with E-state index in [1.807, 2.05) is 0 Å². The van der Waals surface area contributed by atoms with Gasteiger partial charge in [0.1, 0.15) is 5.69 Å². The largest absolute Gasteiger partial charge is 0.475 e. The quantitative estimate of drug-likeness (QED) is 0.676. The molecule has 7 heteroatoms. The Kier molecular flexibility index (Phi) is 7.48. The second-order valence-electron chi connectivity index (χ2n) is 5.79. The van der Waals surface area contributed by atoms with Crippen LogP contribution in [0.3, 0.4) is 0 Å². The van der Waals surface area contributed by atoms with Gasteiger partial charge < -0.3 is 15.4 Å². The predicted octanol–water partition coefficient (Wildman–Crippen LogP) is 2.38. The SMILES string of the molecule is CC(=O)NCCCCCCOc1nsnc1C1=CCCNC1C. The van der Waals surface area contributed by atoms with Crippen LogP contribution in [-0.2, 0) is 4.79 Å². The van der Waals surface area contributed by atoms with Crippen LogP contribution in [0.2, 0.25) is 0 Å². The van der Waals surface area contributed by atoms with Crippen LogP contribution in [-0.4, -0.2) is 40.4 Å². The number of hydrogen-bond acceptors (Lipinski definition) is 6. The maximum atomic E-state index is 10.7. The maximum Gasteiger partial charge on any atom is 0.253 e. The molecule has 1 unspecified atom stereocenters. The molecule has 1 aromatic heterocycles. The Balaban J connectivity index is 1.68. The van der Waals surface area contributed by atoms with Gasteiger partial charge in [0.25, 0.3) is 5.88 Å². The van der Waals surface area contributed by atoms with Crippen LogP contribution >= 0.6 is 11.7 Å². The van der Waals surface area contributed by atoms with Gasteiger partial charge in [-0.05, 0) is 38.3 Å². The number of ether oxygens (including phenoxy) is 1. The van der Waals surface area contributed by atoms with E-state index in [-0.39, 0.29) is 5.91 Å². The van der Waals surface area contributed by atoms with Crippen molar-refractivity contribution in [3.8, 4) is 5.88 Å². The highest BCUT2D eigenvalue weighted by atomic mass is 32.1. The third kappa shape index (κ3) is 5.91. The molecule has 1 aliphatic rings. The van der Waals surface area contributed by atoms with E-state index in [1.165, 1.54) is 17.3 Å². The summed E-state index contributed by atoms with van der Waals surface area (Å²) in [5, 5.41) is 6.24. The number of unbranched alkanes of at least 4 members (excludes halogenated alkanes) is 3. The summed E-state index contributed by atoms with van der Waals surface area (Å²) in [7, 11) is 0. The van der Waals surface area contributed by atoms with E-state index < -0.39 is 0 Å². The molecule has 1 amide bonds. The van der Waals surface area contributed by atoms with Crippen molar-refractivity contribution in [2.75, 3.05) is 19.7 Å². The monoisotopic (exact) mass is 338 g/mol. The number of carbonyl (C=O) groups excluding carboxylic acids is 1. The van der Waals surface area contributed by atoms with Crippen molar-refractivity contribution in [2.45, 2.75) is 52.0 Å². The highest BCUT2D eigenvalue weighted by Gasteiger charge is 2.21. The Morgan fingerprint density at radius 3 is 3.00 bits per heavy atom. The molecular weight excluding hydrogens is 312 g/mol. The number of nitrogens with zero attached hydrogens (tertiary/aromatic N) is 2. The molecule has 1 aliphatic heterocycles. The number of hydrogen-bond donors (Lipinski definition) is 2. The van der Waals surface area contributed by atoms with Crippen molar-refractivity contribution in [1.29, 1.82) is 0 Å². The van der Waals surface area contributed by atoms with Gasteiger partial charge in [-0.15, -0.1) is 4.37 Å². The molecule has 128 valence electrons. The minimum Gasteiger partial charge on any atom is -0.475 e. The van der Waals surface area contributed by atoms with Gasteiger partial charge in [-0.25, -0.2) is 0 Å². The smallest absolute Gasteiger partial charge is 0.253 e. The first-order valence-corrected chi connectivity index (χ1v) is 9.05. The second kappa shape index (κ2) is 9.62. The first kappa shape index (κ1) is 17.9. The van der Waals surface area contributed by atoms with E-state index >= 15 is 0 Å². The molecule has 0 radical (unpaired) electrons. The average molecular weight is 338 g/mol. The second-order valence-corrected chi connectivity index (χ2v) is 6.32. The fourth-order valence-corrected chi connectivity index (χ4v) is 3.10.